The number of likely N-dealkylation sites (tertiary alicyclic amines) is 1. The molecule has 0 aromatic rings. The number of Topliss-reactive ketones (excluding diaryl/α,β-unsaturated/α-hetero) is 1. The number of carbonyl (C=O) groups is 3. The van der Waals surface area contributed by atoms with E-state index in [-0.39, 0.29) is 35.7 Å². The molecule has 31 heavy (non-hydrogen) atoms. The molecule has 0 saturated carbocycles. The van der Waals surface area contributed by atoms with Crippen molar-refractivity contribution in [1.29, 1.82) is 0 Å². The number of hydrogen-bond donors (Lipinski definition) is 1. The fraction of sp³-hybridized carbons (Fsp3) is 0.708. The van der Waals surface area contributed by atoms with Gasteiger partial charge in [0.1, 0.15) is 17.1 Å². The maximum Gasteiger partial charge on any atom is 0.250 e. The Kier molecular flexibility index (Phi) is 6.82. The Balaban J connectivity index is 1.75. The first-order valence-corrected chi connectivity index (χ1v) is 11.4. The molecule has 3 heterocycles. The van der Waals surface area contributed by atoms with E-state index in [2.05, 4.69) is 24.1 Å². The van der Waals surface area contributed by atoms with E-state index in [9.17, 15) is 14.4 Å². The van der Waals surface area contributed by atoms with E-state index in [0.717, 1.165) is 25.1 Å². The van der Waals surface area contributed by atoms with Crippen molar-refractivity contribution in [3.05, 3.63) is 23.6 Å². The van der Waals surface area contributed by atoms with Crippen LogP contribution in [0.3, 0.4) is 0 Å². The molecule has 0 radical (unpaired) electrons. The van der Waals surface area contributed by atoms with Gasteiger partial charge in [-0.2, -0.15) is 0 Å². The molecule has 3 rings (SSSR count). The molecule has 0 aromatic carbocycles. The van der Waals surface area contributed by atoms with Gasteiger partial charge in [-0.1, -0.05) is 13.8 Å². The standard InChI is InChI=1S/C24H37N3O4/c1-15(2)11-18-20(12-22(29)25-18)26-10-9-17(14-26)27-19(8-7-16(3)28)21(13-23(27)30)31-24(4,5)6/h12-13,15,17-19H,7-11,14H2,1-6H3,(H,25,29)/t17-,18-,19-/m0/s1. The number of ketones is 1. The Morgan fingerprint density at radius 3 is 2.58 bits per heavy atom. The van der Waals surface area contributed by atoms with Gasteiger partial charge in [0.05, 0.1) is 18.1 Å². The number of hydrogen-bond acceptors (Lipinski definition) is 5. The van der Waals surface area contributed by atoms with Crippen LogP contribution in [0.1, 0.15) is 67.2 Å². The number of nitrogens with zero attached hydrogens (tertiary/aromatic N) is 2. The van der Waals surface area contributed by atoms with Crippen molar-refractivity contribution in [2.45, 2.75) is 91.0 Å². The van der Waals surface area contributed by atoms with Crippen LogP contribution in [0.5, 0.6) is 0 Å². The summed E-state index contributed by atoms with van der Waals surface area (Å²) in [6.45, 7) is 13.3. The van der Waals surface area contributed by atoms with E-state index >= 15 is 0 Å². The third-order valence-corrected chi connectivity index (χ3v) is 5.96. The van der Waals surface area contributed by atoms with Crippen LogP contribution in [-0.2, 0) is 19.1 Å². The predicted molar refractivity (Wildman–Crippen MR) is 119 cm³/mol. The molecule has 0 aromatic heterocycles. The highest BCUT2D eigenvalue weighted by Gasteiger charge is 2.43. The number of carbonyl (C=O) groups excluding carboxylic acids is 3. The van der Waals surface area contributed by atoms with Crippen LogP contribution in [0.15, 0.2) is 23.6 Å². The summed E-state index contributed by atoms with van der Waals surface area (Å²) in [6, 6.07) is -0.158. The first-order valence-electron chi connectivity index (χ1n) is 11.4. The lowest BCUT2D eigenvalue weighted by atomic mass is 10.0. The highest BCUT2D eigenvalue weighted by molar-refractivity contribution is 5.92. The molecule has 1 N–H and O–H groups in total. The Labute approximate surface area is 185 Å². The van der Waals surface area contributed by atoms with Crippen molar-refractivity contribution < 1.29 is 19.1 Å². The maximum absolute atomic E-state index is 13.0. The van der Waals surface area contributed by atoms with Crippen molar-refractivity contribution in [1.82, 2.24) is 15.1 Å². The lowest BCUT2D eigenvalue weighted by Gasteiger charge is -2.34. The molecule has 2 amide bonds. The summed E-state index contributed by atoms with van der Waals surface area (Å²) in [5.74, 6) is 1.16. The average molecular weight is 432 g/mol. The first kappa shape index (κ1) is 23.4. The molecule has 7 heteroatoms. The fourth-order valence-corrected chi connectivity index (χ4v) is 4.78. The lowest BCUT2D eigenvalue weighted by Crippen LogP contribution is -2.46. The molecule has 3 aliphatic rings. The van der Waals surface area contributed by atoms with Crippen molar-refractivity contribution in [2.24, 2.45) is 5.92 Å². The quantitative estimate of drug-likeness (QED) is 0.639. The van der Waals surface area contributed by atoms with E-state index < -0.39 is 5.60 Å². The highest BCUT2D eigenvalue weighted by atomic mass is 16.5. The molecule has 3 atom stereocenters. The van der Waals surface area contributed by atoms with Crippen molar-refractivity contribution in [3.8, 4) is 0 Å². The van der Waals surface area contributed by atoms with E-state index in [0.29, 0.717) is 31.1 Å². The van der Waals surface area contributed by atoms with Crippen LogP contribution >= 0.6 is 0 Å². The van der Waals surface area contributed by atoms with Crippen LogP contribution in [0.2, 0.25) is 0 Å². The van der Waals surface area contributed by atoms with E-state index in [1.54, 1.807) is 19.1 Å². The van der Waals surface area contributed by atoms with Gasteiger partial charge in [0, 0.05) is 37.4 Å². The molecule has 0 unspecified atom stereocenters. The molecule has 0 aliphatic carbocycles. The largest absolute Gasteiger partial charge is 0.490 e. The molecule has 0 bridgehead atoms. The smallest absolute Gasteiger partial charge is 0.250 e. The number of rotatable bonds is 8. The Hall–Kier alpha value is -2.31. The summed E-state index contributed by atoms with van der Waals surface area (Å²) in [5, 5.41) is 3.06. The monoisotopic (exact) mass is 431 g/mol. The summed E-state index contributed by atoms with van der Waals surface area (Å²) in [4.78, 5) is 40.8. The Morgan fingerprint density at radius 1 is 1.26 bits per heavy atom. The second-order valence-corrected chi connectivity index (χ2v) is 10.4. The topological polar surface area (TPSA) is 79.0 Å². The molecular formula is C24H37N3O4. The fourth-order valence-electron chi connectivity index (χ4n) is 4.78. The number of ether oxygens (including phenoxy) is 1. The van der Waals surface area contributed by atoms with Crippen LogP contribution in [0.4, 0.5) is 0 Å². The summed E-state index contributed by atoms with van der Waals surface area (Å²) in [6.07, 6.45) is 6.02. The predicted octanol–water partition coefficient (Wildman–Crippen LogP) is 2.77. The van der Waals surface area contributed by atoms with Crippen LogP contribution in [0, 0.1) is 5.92 Å². The first-order chi connectivity index (χ1) is 14.4. The highest BCUT2D eigenvalue weighted by Crippen LogP contribution is 2.34. The van der Waals surface area contributed by atoms with Crippen LogP contribution in [0.25, 0.3) is 0 Å². The van der Waals surface area contributed by atoms with Gasteiger partial charge in [0.2, 0.25) is 5.91 Å². The zero-order valence-corrected chi connectivity index (χ0v) is 19.7. The van der Waals surface area contributed by atoms with Crippen LogP contribution < -0.4 is 5.32 Å². The molecular weight excluding hydrogens is 394 g/mol. The second-order valence-electron chi connectivity index (χ2n) is 10.4. The van der Waals surface area contributed by atoms with Gasteiger partial charge >= 0.3 is 0 Å². The van der Waals surface area contributed by atoms with Gasteiger partial charge in [0.25, 0.3) is 5.91 Å². The summed E-state index contributed by atoms with van der Waals surface area (Å²) in [5.41, 5.74) is 0.621. The third kappa shape index (κ3) is 5.69. The maximum atomic E-state index is 13.0. The second kappa shape index (κ2) is 9.05. The SMILES string of the molecule is CC(=O)CC[C@H]1C(OC(C)(C)C)=CC(=O)N1[C@H]1CCN(C2=CC(=O)N[C@H]2CC(C)C)C1. The van der Waals surface area contributed by atoms with E-state index in [4.69, 9.17) is 4.74 Å². The van der Waals surface area contributed by atoms with Gasteiger partial charge < -0.3 is 24.6 Å². The van der Waals surface area contributed by atoms with Gasteiger partial charge in [-0.25, -0.2) is 0 Å². The molecule has 1 fully saturated rings. The molecule has 7 nitrogen and oxygen atoms in total. The number of nitrogens with one attached hydrogen (secondary N) is 1. The van der Waals surface area contributed by atoms with Crippen molar-refractivity contribution >= 4 is 17.6 Å². The minimum atomic E-state index is -0.414. The Morgan fingerprint density at radius 2 is 1.97 bits per heavy atom. The number of amides is 2. The van der Waals surface area contributed by atoms with Gasteiger partial charge in [-0.15, -0.1) is 0 Å². The summed E-state index contributed by atoms with van der Waals surface area (Å²) in [7, 11) is 0. The zero-order chi connectivity index (χ0) is 22.9. The van der Waals surface area contributed by atoms with Gasteiger partial charge in [-0.3, -0.25) is 9.59 Å². The minimum absolute atomic E-state index is 0.0260. The van der Waals surface area contributed by atoms with Gasteiger partial charge in [-0.05, 0) is 52.9 Å². The normalized spacial score (nSPS) is 26.5. The minimum Gasteiger partial charge on any atom is -0.490 e. The molecule has 0 spiro atoms. The average Bonchev–Trinajstić information content (AvgIpc) is 3.28. The van der Waals surface area contributed by atoms with Crippen molar-refractivity contribution in [3.63, 3.8) is 0 Å². The zero-order valence-electron chi connectivity index (χ0n) is 19.7. The summed E-state index contributed by atoms with van der Waals surface area (Å²) >= 11 is 0. The van der Waals surface area contributed by atoms with E-state index in [1.165, 1.54) is 0 Å². The lowest BCUT2D eigenvalue weighted by molar-refractivity contribution is -0.129. The summed E-state index contributed by atoms with van der Waals surface area (Å²) < 4.78 is 6.11. The molecule has 3 aliphatic heterocycles. The van der Waals surface area contributed by atoms with Crippen LogP contribution in [-0.4, -0.2) is 64.2 Å². The molecule has 172 valence electrons. The third-order valence-electron chi connectivity index (χ3n) is 5.96. The van der Waals surface area contributed by atoms with E-state index in [1.807, 2.05) is 25.7 Å². The van der Waals surface area contributed by atoms with Crippen molar-refractivity contribution in [2.75, 3.05) is 13.1 Å². The van der Waals surface area contributed by atoms with Gasteiger partial charge in [0.15, 0.2) is 0 Å². The molecule has 1 saturated heterocycles. The Bertz CT molecular complexity index is 793.